The van der Waals surface area contributed by atoms with Crippen LogP contribution < -0.4 is 10.1 Å². The minimum absolute atomic E-state index is 0.274. The molecule has 3 heteroatoms. The van der Waals surface area contributed by atoms with Gasteiger partial charge in [0.15, 0.2) is 0 Å². The fourth-order valence-electron chi connectivity index (χ4n) is 3.09. The van der Waals surface area contributed by atoms with Crippen molar-refractivity contribution in [3.05, 3.63) is 65.2 Å². The first kappa shape index (κ1) is 14.1. The first-order valence-electron chi connectivity index (χ1n) is 7.41. The van der Waals surface area contributed by atoms with E-state index < -0.39 is 0 Å². The minimum atomic E-state index is 0.274. The van der Waals surface area contributed by atoms with Crippen molar-refractivity contribution in [2.75, 3.05) is 20.7 Å². The Morgan fingerprint density at radius 3 is 2.29 bits per heavy atom. The van der Waals surface area contributed by atoms with Gasteiger partial charge in [-0.15, -0.1) is 0 Å². The predicted molar refractivity (Wildman–Crippen MR) is 85.4 cm³/mol. The maximum Gasteiger partial charge on any atom is 0.123 e. The van der Waals surface area contributed by atoms with Crippen LogP contribution in [0.1, 0.15) is 22.7 Å². The van der Waals surface area contributed by atoms with Gasteiger partial charge in [0, 0.05) is 31.2 Å². The second kappa shape index (κ2) is 6.29. The van der Waals surface area contributed by atoms with E-state index in [1.54, 1.807) is 7.11 Å². The van der Waals surface area contributed by atoms with Gasteiger partial charge in [0.25, 0.3) is 0 Å². The molecule has 0 amide bonds. The third-order valence-electron chi connectivity index (χ3n) is 4.21. The topological polar surface area (TPSA) is 24.5 Å². The van der Waals surface area contributed by atoms with Gasteiger partial charge in [-0.1, -0.05) is 42.5 Å². The standard InChI is InChI=1S/C18H22N2O/c1-19-17(16-9-5-6-10-18(16)21-2)13-20-11-14-7-3-4-8-15(14)12-20/h3-10,17,19H,11-13H2,1-2H3. The molecular weight excluding hydrogens is 260 g/mol. The number of likely N-dealkylation sites (N-methyl/N-ethyl adjacent to an activating group) is 1. The number of rotatable bonds is 5. The van der Waals surface area contributed by atoms with Crippen molar-refractivity contribution in [1.82, 2.24) is 10.2 Å². The lowest BCUT2D eigenvalue weighted by Gasteiger charge is -2.24. The smallest absolute Gasteiger partial charge is 0.123 e. The molecule has 1 aliphatic heterocycles. The normalized spacial score (nSPS) is 15.7. The maximum atomic E-state index is 5.50. The Bertz CT molecular complexity index is 587. The summed E-state index contributed by atoms with van der Waals surface area (Å²) in [5.74, 6) is 0.952. The number of nitrogens with one attached hydrogen (secondary N) is 1. The highest BCUT2D eigenvalue weighted by Crippen LogP contribution is 2.28. The first-order chi connectivity index (χ1) is 10.3. The summed E-state index contributed by atoms with van der Waals surface area (Å²) in [6.07, 6.45) is 0. The molecule has 2 aromatic carbocycles. The molecule has 21 heavy (non-hydrogen) atoms. The monoisotopic (exact) mass is 282 g/mol. The third-order valence-corrected chi connectivity index (χ3v) is 4.21. The van der Waals surface area contributed by atoms with Crippen molar-refractivity contribution in [3.8, 4) is 5.75 Å². The van der Waals surface area contributed by atoms with Gasteiger partial charge in [-0.05, 0) is 24.2 Å². The van der Waals surface area contributed by atoms with Crippen LogP contribution in [-0.4, -0.2) is 25.6 Å². The molecule has 1 heterocycles. The molecule has 1 N–H and O–H groups in total. The van der Waals surface area contributed by atoms with Crippen LogP contribution in [0.25, 0.3) is 0 Å². The second-order valence-electron chi connectivity index (χ2n) is 5.52. The average Bonchev–Trinajstić information content (AvgIpc) is 2.95. The summed E-state index contributed by atoms with van der Waals surface area (Å²) in [4.78, 5) is 2.48. The Morgan fingerprint density at radius 2 is 1.67 bits per heavy atom. The molecule has 1 atom stereocenters. The molecule has 0 saturated heterocycles. The van der Waals surface area contributed by atoms with E-state index in [2.05, 4.69) is 46.6 Å². The maximum absolute atomic E-state index is 5.50. The van der Waals surface area contributed by atoms with E-state index in [9.17, 15) is 0 Å². The molecule has 2 aromatic rings. The van der Waals surface area contributed by atoms with E-state index in [-0.39, 0.29) is 6.04 Å². The fourth-order valence-corrected chi connectivity index (χ4v) is 3.09. The van der Waals surface area contributed by atoms with Crippen LogP contribution in [0, 0.1) is 0 Å². The number of hydrogen-bond acceptors (Lipinski definition) is 3. The number of para-hydroxylation sites is 1. The third kappa shape index (κ3) is 2.94. The van der Waals surface area contributed by atoms with E-state index >= 15 is 0 Å². The average molecular weight is 282 g/mol. The Balaban J connectivity index is 1.74. The Kier molecular flexibility index (Phi) is 4.23. The lowest BCUT2D eigenvalue weighted by Crippen LogP contribution is -2.30. The number of ether oxygens (including phenoxy) is 1. The molecule has 0 saturated carbocycles. The number of fused-ring (bicyclic) bond motifs is 1. The van der Waals surface area contributed by atoms with Crippen LogP contribution in [0.3, 0.4) is 0 Å². The molecule has 110 valence electrons. The zero-order valence-corrected chi connectivity index (χ0v) is 12.7. The lowest BCUT2D eigenvalue weighted by atomic mass is 10.1. The van der Waals surface area contributed by atoms with Crippen LogP contribution in [0.4, 0.5) is 0 Å². The van der Waals surface area contributed by atoms with E-state index in [0.717, 1.165) is 25.4 Å². The summed E-state index contributed by atoms with van der Waals surface area (Å²) in [7, 11) is 3.75. The van der Waals surface area contributed by atoms with Crippen LogP contribution >= 0.6 is 0 Å². The summed E-state index contributed by atoms with van der Waals surface area (Å²) >= 11 is 0. The highest BCUT2D eigenvalue weighted by atomic mass is 16.5. The zero-order chi connectivity index (χ0) is 14.7. The number of benzene rings is 2. The quantitative estimate of drug-likeness (QED) is 0.912. The molecule has 1 aliphatic rings. The molecular formula is C18H22N2O. The summed E-state index contributed by atoms with van der Waals surface area (Å²) < 4.78 is 5.50. The van der Waals surface area contributed by atoms with Gasteiger partial charge in [0.1, 0.15) is 5.75 Å². The zero-order valence-electron chi connectivity index (χ0n) is 12.7. The van der Waals surface area contributed by atoms with Gasteiger partial charge < -0.3 is 10.1 Å². The molecule has 0 spiro atoms. The molecule has 0 aliphatic carbocycles. The summed E-state index contributed by atoms with van der Waals surface area (Å²) in [6, 6.07) is 17.2. The van der Waals surface area contributed by atoms with Crippen molar-refractivity contribution in [2.24, 2.45) is 0 Å². The highest BCUT2D eigenvalue weighted by molar-refractivity contribution is 5.36. The highest BCUT2D eigenvalue weighted by Gasteiger charge is 2.23. The Labute approximate surface area is 126 Å². The number of hydrogen-bond donors (Lipinski definition) is 1. The van der Waals surface area contributed by atoms with Crippen molar-refractivity contribution in [3.63, 3.8) is 0 Å². The lowest BCUT2D eigenvalue weighted by molar-refractivity contribution is 0.250. The molecule has 1 unspecified atom stereocenters. The van der Waals surface area contributed by atoms with E-state index in [1.807, 2.05) is 19.2 Å². The molecule has 3 rings (SSSR count). The Morgan fingerprint density at radius 1 is 1.05 bits per heavy atom. The van der Waals surface area contributed by atoms with Crippen molar-refractivity contribution in [2.45, 2.75) is 19.1 Å². The predicted octanol–water partition coefficient (Wildman–Crippen LogP) is 2.97. The number of methoxy groups -OCH3 is 1. The largest absolute Gasteiger partial charge is 0.496 e. The van der Waals surface area contributed by atoms with Crippen LogP contribution in [0.2, 0.25) is 0 Å². The Hall–Kier alpha value is -1.84. The molecule has 0 radical (unpaired) electrons. The SMILES string of the molecule is CNC(CN1Cc2ccccc2C1)c1ccccc1OC. The van der Waals surface area contributed by atoms with Gasteiger partial charge in [0.2, 0.25) is 0 Å². The van der Waals surface area contributed by atoms with E-state index in [1.165, 1.54) is 16.7 Å². The van der Waals surface area contributed by atoms with Crippen LogP contribution in [0.5, 0.6) is 5.75 Å². The second-order valence-corrected chi connectivity index (χ2v) is 5.52. The molecule has 0 bridgehead atoms. The molecule has 0 fully saturated rings. The summed E-state index contributed by atoms with van der Waals surface area (Å²) in [5.41, 5.74) is 4.12. The molecule has 3 nitrogen and oxygen atoms in total. The number of nitrogens with zero attached hydrogens (tertiary/aromatic N) is 1. The fraction of sp³-hybridized carbons (Fsp3) is 0.333. The van der Waals surface area contributed by atoms with Gasteiger partial charge in [0.05, 0.1) is 7.11 Å². The van der Waals surface area contributed by atoms with Crippen molar-refractivity contribution >= 4 is 0 Å². The van der Waals surface area contributed by atoms with Crippen molar-refractivity contribution < 1.29 is 4.74 Å². The van der Waals surface area contributed by atoms with E-state index in [0.29, 0.717) is 0 Å². The first-order valence-corrected chi connectivity index (χ1v) is 7.41. The van der Waals surface area contributed by atoms with Gasteiger partial charge in [-0.3, -0.25) is 4.90 Å². The van der Waals surface area contributed by atoms with Crippen LogP contribution in [-0.2, 0) is 13.1 Å². The summed E-state index contributed by atoms with van der Waals surface area (Å²) in [5, 5.41) is 3.43. The minimum Gasteiger partial charge on any atom is -0.496 e. The van der Waals surface area contributed by atoms with Gasteiger partial charge in [-0.25, -0.2) is 0 Å². The van der Waals surface area contributed by atoms with Gasteiger partial charge in [-0.2, -0.15) is 0 Å². The summed E-state index contributed by atoms with van der Waals surface area (Å²) in [6.45, 7) is 3.04. The van der Waals surface area contributed by atoms with E-state index in [4.69, 9.17) is 4.74 Å². The molecule has 0 aromatic heterocycles. The van der Waals surface area contributed by atoms with Crippen LogP contribution in [0.15, 0.2) is 48.5 Å². The van der Waals surface area contributed by atoms with Crippen molar-refractivity contribution in [1.29, 1.82) is 0 Å². The van der Waals surface area contributed by atoms with Gasteiger partial charge >= 0.3 is 0 Å².